The molecular weight excluding hydrogens is 485 g/mol. The number of nitrogens with one attached hydrogen (secondary N) is 3. The van der Waals surface area contributed by atoms with Crippen molar-refractivity contribution in [1.29, 1.82) is 0 Å². The van der Waals surface area contributed by atoms with Gasteiger partial charge in [0.1, 0.15) is 11.5 Å². The van der Waals surface area contributed by atoms with Crippen molar-refractivity contribution in [2.75, 3.05) is 6.26 Å². The highest BCUT2D eigenvalue weighted by molar-refractivity contribution is 8.25. The van der Waals surface area contributed by atoms with Gasteiger partial charge in [-0.2, -0.15) is 14.5 Å². The van der Waals surface area contributed by atoms with E-state index in [-0.39, 0.29) is 5.82 Å². The number of nitrogens with zero attached hydrogens (tertiary/aromatic N) is 4. The van der Waals surface area contributed by atoms with E-state index in [0.29, 0.717) is 6.54 Å². The fourth-order valence-corrected chi connectivity index (χ4v) is 4.88. The molecule has 5 heterocycles. The van der Waals surface area contributed by atoms with Crippen molar-refractivity contribution < 1.29 is 4.39 Å². The Bertz CT molecular complexity index is 1870. The molecule has 3 N–H and O–H groups in total. The zero-order valence-corrected chi connectivity index (χ0v) is 20.9. The van der Waals surface area contributed by atoms with Gasteiger partial charge in [0.2, 0.25) is 0 Å². The summed E-state index contributed by atoms with van der Waals surface area (Å²) in [6.07, 6.45) is 10.8. The molecule has 6 aromatic rings. The summed E-state index contributed by atoms with van der Waals surface area (Å²) in [6, 6.07) is 12.9. The van der Waals surface area contributed by atoms with E-state index < -0.39 is 9.39 Å². The average molecular weight is 510 g/mol. The van der Waals surface area contributed by atoms with Gasteiger partial charge in [-0.15, -0.1) is 0 Å². The van der Waals surface area contributed by atoms with Crippen LogP contribution in [0.15, 0.2) is 73.4 Å². The summed E-state index contributed by atoms with van der Waals surface area (Å²) in [7, 11) is -1.42. The highest BCUT2D eigenvalue weighted by Crippen LogP contribution is 2.35. The van der Waals surface area contributed by atoms with Gasteiger partial charge in [0.05, 0.1) is 34.8 Å². The van der Waals surface area contributed by atoms with E-state index in [1.807, 2.05) is 36.6 Å². The normalized spacial score (nSPS) is 11.9. The van der Waals surface area contributed by atoms with Gasteiger partial charge in [-0.1, -0.05) is 11.7 Å². The van der Waals surface area contributed by atoms with E-state index >= 15 is 0 Å². The highest BCUT2D eigenvalue weighted by Gasteiger charge is 2.16. The summed E-state index contributed by atoms with van der Waals surface area (Å²) in [6.45, 7) is 0.484. The highest BCUT2D eigenvalue weighted by atomic mass is 32.2. The Labute approximate surface area is 213 Å². The summed E-state index contributed by atoms with van der Waals surface area (Å²) in [4.78, 5) is 16.6. The third-order valence-electron chi connectivity index (χ3n) is 6.10. The predicted molar refractivity (Wildman–Crippen MR) is 152 cm³/mol. The molecule has 0 radical (unpaired) electrons. The van der Waals surface area contributed by atoms with Crippen LogP contribution in [0.4, 0.5) is 4.39 Å². The molecule has 0 atom stereocenters. The summed E-state index contributed by atoms with van der Waals surface area (Å²) in [5.41, 5.74) is 7.39. The molecule has 5 aromatic heterocycles. The van der Waals surface area contributed by atoms with Gasteiger partial charge in [0.15, 0.2) is 0 Å². The molecule has 0 aliphatic rings. The van der Waals surface area contributed by atoms with Crippen molar-refractivity contribution >= 4 is 42.9 Å². The SMILES string of the molecule is C=S(=C)(C)NCc1cc(F)cc(-c2cncc3[nH]c(-c4n[nH]c5cnc(-c6cccnc6)cc45)cc23)c1. The Kier molecular flexibility index (Phi) is 5.58. The molecule has 0 saturated carbocycles. The number of aromatic nitrogens is 6. The monoisotopic (exact) mass is 509 g/mol. The van der Waals surface area contributed by atoms with Crippen LogP contribution in [0.3, 0.4) is 0 Å². The fraction of sp³-hybridized carbons (Fsp3) is 0.0714. The Morgan fingerprint density at radius 2 is 1.84 bits per heavy atom. The number of pyridine rings is 3. The van der Waals surface area contributed by atoms with Gasteiger partial charge in [-0.3, -0.25) is 24.8 Å². The first-order valence-electron chi connectivity index (χ1n) is 11.5. The number of benzene rings is 1. The lowest BCUT2D eigenvalue weighted by molar-refractivity contribution is 0.625. The van der Waals surface area contributed by atoms with Crippen LogP contribution in [0.25, 0.3) is 55.6 Å². The van der Waals surface area contributed by atoms with Crippen LogP contribution < -0.4 is 4.72 Å². The third kappa shape index (κ3) is 4.62. The van der Waals surface area contributed by atoms with Gasteiger partial charge in [0, 0.05) is 47.0 Å². The molecule has 1 aromatic carbocycles. The number of halogens is 1. The van der Waals surface area contributed by atoms with E-state index in [9.17, 15) is 4.39 Å². The molecule has 0 amide bonds. The Morgan fingerprint density at radius 1 is 0.946 bits per heavy atom. The maximum Gasteiger partial charge on any atom is 0.124 e. The zero-order chi connectivity index (χ0) is 25.6. The van der Waals surface area contributed by atoms with Crippen molar-refractivity contribution in [1.82, 2.24) is 34.9 Å². The molecule has 0 bridgehead atoms. The number of H-pyrrole nitrogens is 2. The molecule has 7 nitrogen and oxygen atoms in total. The summed E-state index contributed by atoms with van der Waals surface area (Å²) >= 11 is 0. The Balaban J connectivity index is 1.44. The predicted octanol–water partition coefficient (Wildman–Crippen LogP) is 5.67. The number of rotatable bonds is 6. The summed E-state index contributed by atoms with van der Waals surface area (Å²) in [5.74, 6) is 7.77. The van der Waals surface area contributed by atoms with Crippen molar-refractivity contribution in [3.63, 3.8) is 0 Å². The molecule has 0 fully saturated rings. The van der Waals surface area contributed by atoms with Crippen LogP contribution in [0.1, 0.15) is 5.56 Å². The zero-order valence-electron chi connectivity index (χ0n) is 20.1. The molecule has 9 heteroatoms. The molecule has 0 saturated heterocycles. The van der Waals surface area contributed by atoms with Gasteiger partial charge in [0.25, 0.3) is 0 Å². The second-order valence-electron chi connectivity index (χ2n) is 9.20. The lowest BCUT2D eigenvalue weighted by atomic mass is 10.0. The minimum Gasteiger partial charge on any atom is -0.352 e. The average Bonchev–Trinajstić information content (AvgIpc) is 3.51. The maximum absolute atomic E-state index is 14.6. The van der Waals surface area contributed by atoms with E-state index in [1.165, 1.54) is 12.1 Å². The van der Waals surface area contributed by atoms with E-state index in [1.54, 1.807) is 31.0 Å². The quantitative estimate of drug-likeness (QED) is 0.251. The van der Waals surface area contributed by atoms with Crippen LogP contribution in [0.2, 0.25) is 0 Å². The number of hydrogen-bond donors (Lipinski definition) is 3. The van der Waals surface area contributed by atoms with E-state index in [2.05, 4.69) is 46.6 Å². The smallest absolute Gasteiger partial charge is 0.124 e. The van der Waals surface area contributed by atoms with Gasteiger partial charge in [-0.25, -0.2) is 4.39 Å². The van der Waals surface area contributed by atoms with Gasteiger partial charge >= 0.3 is 0 Å². The summed E-state index contributed by atoms with van der Waals surface area (Å²) in [5, 5.41) is 9.49. The number of hydrogen-bond acceptors (Lipinski definition) is 5. The van der Waals surface area contributed by atoms with E-state index in [0.717, 1.165) is 61.1 Å². The Hall–Kier alpha value is -4.34. The number of fused-ring (bicyclic) bond motifs is 2. The van der Waals surface area contributed by atoms with Crippen LogP contribution in [-0.4, -0.2) is 48.1 Å². The standard InChI is InChI=1S/C28H24FN7S/c1-37(2,3)33-12-17-7-19(9-20(29)8-17)23-14-31-15-26-21(23)10-25(34-26)28-22-11-24(18-5-4-6-30-13-18)32-16-27(22)35-36-28/h4-11,13-16,33-34H,1-2,12H2,3H3,(H,35,36). The largest absolute Gasteiger partial charge is 0.352 e. The van der Waals surface area contributed by atoms with Crippen molar-refractivity contribution in [3.8, 4) is 33.8 Å². The molecular formula is C28H24FN7S. The first-order valence-corrected chi connectivity index (χ1v) is 13.9. The topological polar surface area (TPSA) is 95.2 Å². The summed E-state index contributed by atoms with van der Waals surface area (Å²) < 4.78 is 17.9. The first kappa shape index (κ1) is 23.1. The van der Waals surface area contributed by atoms with Gasteiger partial charge < -0.3 is 4.98 Å². The first-order chi connectivity index (χ1) is 17.8. The van der Waals surface area contributed by atoms with Crippen LogP contribution >= 0.6 is 9.39 Å². The molecule has 0 unspecified atom stereocenters. The lowest BCUT2D eigenvalue weighted by Crippen LogP contribution is -2.08. The molecule has 0 aliphatic carbocycles. The maximum atomic E-state index is 14.6. The number of aromatic amines is 2. The minimum absolute atomic E-state index is 0.305. The molecule has 184 valence electrons. The van der Waals surface area contributed by atoms with Gasteiger partial charge in [-0.05, 0) is 59.8 Å². The molecule has 6 rings (SSSR count). The Morgan fingerprint density at radius 3 is 2.65 bits per heavy atom. The third-order valence-corrected chi connectivity index (χ3v) is 6.94. The van der Waals surface area contributed by atoms with Crippen LogP contribution in [0, 0.1) is 5.82 Å². The van der Waals surface area contributed by atoms with E-state index in [4.69, 9.17) is 0 Å². The second-order valence-corrected chi connectivity index (χ2v) is 12.0. The molecule has 37 heavy (non-hydrogen) atoms. The molecule has 0 aliphatic heterocycles. The van der Waals surface area contributed by atoms with Crippen molar-refractivity contribution in [3.05, 3.63) is 84.8 Å². The second kappa shape index (κ2) is 8.95. The van der Waals surface area contributed by atoms with Crippen molar-refractivity contribution in [2.45, 2.75) is 6.54 Å². The van der Waals surface area contributed by atoms with Crippen LogP contribution in [0.5, 0.6) is 0 Å². The minimum atomic E-state index is -1.42. The van der Waals surface area contributed by atoms with Crippen LogP contribution in [-0.2, 0) is 6.54 Å². The molecule has 0 spiro atoms. The lowest BCUT2D eigenvalue weighted by Gasteiger charge is -2.12. The fourth-order valence-electron chi connectivity index (χ4n) is 4.37. The van der Waals surface area contributed by atoms with Crippen molar-refractivity contribution in [2.24, 2.45) is 0 Å².